The standard InChI is InChI=1S/C38H30N4O4S2/c1-25-12-14-26(15-13-25)33-21-18-30(46-33)24-32(41-35(43)28-10-6-3-7-11-28)36(44)40-29-16-19-31(20-17-29)48-34(27-8-4-2-5-9-27)37(45)42-38-39-22-23-47-38/h2-24,34H,1H3,(H,40,44)(H,41,43)(H,39,42,45)/b32-24-/t34-/m1/s1. The molecule has 0 spiro atoms. The predicted octanol–water partition coefficient (Wildman–Crippen LogP) is 8.59. The van der Waals surface area contributed by atoms with Crippen molar-refractivity contribution in [1.82, 2.24) is 10.3 Å². The highest BCUT2D eigenvalue weighted by molar-refractivity contribution is 8.00. The highest BCUT2D eigenvalue weighted by atomic mass is 32.2. The Morgan fingerprint density at radius 1 is 0.812 bits per heavy atom. The van der Waals surface area contributed by atoms with E-state index in [-0.39, 0.29) is 11.6 Å². The minimum atomic E-state index is -0.531. The molecule has 2 heterocycles. The Morgan fingerprint density at radius 2 is 1.52 bits per heavy atom. The molecule has 0 bridgehead atoms. The number of thiazole rings is 1. The summed E-state index contributed by atoms with van der Waals surface area (Å²) in [5.74, 6) is -0.114. The number of amides is 3. The molecule has 0 aliphatic rings. The molecule has 1 atom stereocenters. The van der Waals surface area contributed by atoms with Gasteiger partial charge in [0.05, 0.1) is 0 Å². The number of hydrogen-bond acceptors (Lipinski definition) is 7. The Morgan fingerprint density at radius 3 is 2.21 bits per heavy atom. The van der Waals surface area contributed by atoms with Crippen LogP contribution in [0.25, 0.3) is 17.4 Å². The van der Waals surface area contributed by atoms with Crippen LogP contribution < -0.4 is 16.0 Å². The Bertz CT molecular complexity index is 2020. The fraction of sp³-hybridized carbons (Fsp3) is 0.0526. The summed E-state index contributed by atoms with van der Waals surface area (Å²) in [6.45, 7) is 2.01. The number of anilines is 2. The first kappa shape index (κ1) is 32.2. The lowest BCUT2D eigenvalue weighted by molar-refractivity contribution is -0.116. The van der Waals surface area contributed by atoms with E-state index in [9.17, 15) is 14.4 Å². The Kier molecular flexibility index (Phi) is 10.2. The van der Waals surface area contributed by atoms with Crippen molar-refractivity contribution >= 4 is 57.7 Å². The first-order valence-corrected chi connectivity index (χ1v) is 16.8. The van der Waals surface area contributed by atoms with Crippen molar-refractivity contribution in [3.63, 3.8) is 0 Å². The number of rotatable bonds is 11. The summed E-state index contributed by atoms with van der Waals surface area (Å²) in [6.07, 6.45) is 3.15. The van der Waals surface area contributed by atoms with Crippen molar-refractivity contribution in [1.29, 1.82) is 0 Å². The molecule has 0 aliphatic carbocycles. The molecule has 6 rings (SSSR count). The summed E-state index contributed by atoms with van der Waals surface area (Å²) in [5, 5.41) is 10.3. The van der Waals surface area contributed by atoms with Crippen LogP contribution in [0, 0.1) is 6.92 Å². The van der Waals surface area contributed by atoms with Crippen LogP contribution in [0.1, 0.15) is 32.5 Å². The van der Waals surface area contributed by atoms with Gasteiger partial charge in [0.1, 0.15) is 22.5 Å². The number of thioether (sulfide) groups is 1. The largest absolute Gasteiger partial charge is 0.457 e. The van der Waals surface area contributed by atoms with Gasteiger partial charge in [0.2, 0.25) is 5.91 Å². The molecule has 6 aromatic rings. The maximum Gasteiger partial charge on any atom is 0.272 e. The summed E-state index contributed by atoms with van der Waals surface area (Å²) in [7, 11) is 0. The molecule has 3 N–H and O–H groups in total. The number of carbonyl (C=O) groups excluding carboxylic acids is 3. The molecule has 48 heavy (non-hydrogen) atoms. The van der Waals surface area contributed by atoms with Gasteiger partial charge in [0.25, 0.3) is 11.8 Å². The van der Waals surface area contributed by atoms with Crippen LogP contribution in [-0.2, 0) is 9.59 Å². The maximum absolute atomic E-state index is 13.6. The molecule has 0 unspecified atom stereocenters. The lowest BCUT2D eigenvalue weighted by Crippen LogP contribution is -2.30. The Balaban J connectivity index is 1.20. The lowest BCUT2D eigenvalue weighted by atomic mass is 10.1. The molecule has 3 amide bonds. The van der Waals surface area contributed by atoms with Crippen molar-refractivity contribution in [2.75, 3.05) is 10.6 Å². The summed E-state index contributed by atoms with van der Waals surface area (Å²) in [5.41, 5.74) is 3.80. The van der Waals surface area contributed by atoms with E-state index in [0.29, 0.717) is 27.9 Å². The molecule has 8 nitrogen and oxygen atoms in total. The van der Waals surface area contributed by atoms with Crippen molar-refractivity contribution in [2.24, 2.45) is 0 Å². The number of hydrogen-bond donors (Lipinski definition) is 3. The summed E-state index contributed by atoms with van der Waals surface area (Å²) < 4.78 is 6.02. The first-order valence-electron chi connectivity index (χ1n) is 15.0. The monoisotopic (exact) mass is 670 g/mol. The predicted molar refractivity (Wildman–Crippen MR) is 192 cm³/mol. The van der Waals surface area contributed by atoms with Gasteiger partial charge in [-0.1, -0.05) is 78.4 Å². The van der Waals surface area contributed by atoms with Gasteiger partial charge in [-0.15, -0.1) is 23.1 Å². The molecule has 4 aromatic carbocycles. The zero-order valence-corrected chi connectivity index (χ0v) is 27.4. The molecular weight excluding hydrogens is 641 g/mol. The van der Waals surface area contributed by atoms with E-state index in [1.54, 1.807) is 54.0 Å². The van der Waals surface area contributed by atoms with Crippen LogP contribution in [0.4, 0.5) is 10.8 Å². The second-order valence-corrected chi connectivity index (χ2v) is 12.7. The van der Waals surface area contributed by atoms with Crippen LogP contribution in [0.15, 0.2) is 148 Å². The smallest absolute Gasteiger partial charge is 0.272 e. The molecule has 0 fully saturated rings. The summed E-state index contributed by atoms with van der Waals surface area (Å²) >= 11 is 2.74. The minimum absolute atomic E-state index is 0.00936. The first-order chi connectivity index (χ1) is 23.4. The van der Waals surface area contributed by atoms with Gasteiger partial charge < -0.3 is 20.4 Å². The topological polar surface area (TPSA) is 113 Å². The number of aryl methyl sites for hydroxylation is 1. The van der Waals surface area contributed by atoms with Gasteiger partial charge in [-0.05, 0) is 61.0 Å². The van der Waals surface area contributed by atoms with Gasteiger partial charge in [0.15, 0.2) is 5.13 Å². The third kappa shape index (κ3) is 8.35. The fourth-order valence-corrected chi connectivity index (χ4v) is 6.25. The van der Waals surface area contributed by atoms with Crippen molar-refractivity contribution < 1.29 is 18.8 Å². The highest BCUT2D eigenvalue weighted by Gasteiger charge is 2.23. The summed E-state index contributed by atoms with van der Waals surface area (Å²) in [6, 6.07) is 36.8. The molecule has 0 radical (unpaired) electrons. The van der Waals surface area contributed by atoms with Crippen LogP contribution in [0.2, 0.25) is 0 Å². The second kappa shape index (κ2) is 15.3. The average molecular weight is 671 g/mol. The number of nitrogens with one attached hydrogen (secondary N) is 3. The van der Waals surface area contributed by atoms with E-state index in [4.69, 9.17) is 4.42 Å². The van der Waals surface area contributed by atoms with E-state index in [1.807, 2.05) is 85.8 Å². The molecule has 2 aromatic heterocycles. The van der Waals surface area contributed by atoms with Crippen LogP contribution in [0.3, 0.4) is 0 Å². The van der Waals surface area contributed by atoms with Gasteiger partial charge >= 0.3 is 0 Å². The zero-order chi connectivity index (χ0) is 33.3. The van der Waals surface area contributed by atoms with Gasteiger partial charge in [0, 0.05) is 39.4 Å². The van der Waals surface area contributed by atoms with E-state index >= 15 is 0 Å². The van der Waals surface area contributed by atoms with Crippen LogP contribution >= 0.6 is 23.1 Å². The lowest BCUT2D eigenvalue weighted by Gasteiger charge is -2.16. The third-order valence-electron chi connectivity index (χ3n) is 7.15. The Labute approximate surface area is 285 Å². The van der Waals surface area contributed by atoms with Crippen LogP contribution in [0.5, 0.6) is 0 Å². The SMILES string of the molecule is Cc1ccc(-c2ccc(/C=C(\NC(=O)c3ccccc3)C(=O)Nc3ccc(S[C@@H](C(=O)Nc4nccs4)c4ccccc4)cc3)o2)cc1. The number of aromatic nitrogens is 1. The quantitative estimate of drug-likeness (QED) is 0.0940. The van der Waals surface area contributed by atoms with E-state index in [1.165, 1.54) is 29.2 Å². The van der Waals surface area contributed by atoms with E-state index in [0.717, 1.165) is 21.6 Å². The molecule has 0 saturated carbocycles. The number of nitrogens with zero attached hydrogens (tertiary/aromatic N) is 1. The molecule has 238 valence electrons. The zero-order valence-electron chi connectivity index (χ0n) is 25.8. The molecule has 10 heteroatoms. The maximum atomic E-state index is 13.6. The number of carbonyl (C=O) groups is 3. The average Bonchev–Trinajstić information content (AvgIpc) is 3.81. The van der Waals surface area contributed by atoms with Crippen molar-refractivity contribution in [3.8, 4) is 11.3 Å². The summed E-state index contributed by atoms with van der Waals surface area (Å²) in [4.78, 5) is 44.9. The molecule has 0 aliphatic heterocycles. The van der Waals surface area contributed by atoms with Crippen LogP contribution in [-0.4, -0.2) is 22.7 Å². The minimum Gasteiger partial charge on any atom is -0.457 e. The molecule has 0 saturated heterocycles. The number of benzene rings is 4. The van der Waals surface area contributed by atoms with Gasteiger partial charge in [-0.3, -0.25) is 14.4 Å². The van der Waals surface area contributed by atoms with Crippen molar-refractivity contribution in [2.45, 2.75) is 17.1 Å². The molecular formula is C38H30N4O4S2. The highest BCUT2D eigenvalue weighted by Crippen LogP contribution is 2.37. The van der Waals surface area contributed by atoms with Crippen molar-refractivity contribution in [3.05, 3.63) is 161 Å². The van der Waals surface area contributed by atoms with E-state index < -0.39 is 17.1 Å². The van der Waals surface area contributed by atoms with E-state index in [2.05, 4.69) is 20.9 Å². The fourth-order valence-electron chi connectivity index (χ4n) is 4.70. The Hall–Kier alpha value is -5.71. The normalized spacial score (nSPS) is 11.8. The van der Waals surface area contributed by atoms with Gasteiger partial charge in [-0.2, -0.15) is 0 Å². The second-order valence-electron chi connectivity index (χ2n) is 10.7. The third-order valence-corrected chi connectivity index (χ3v) is 9.10. The number of furan rings is 1. The van der Waals surface area contributed by atoms with Gasteiger partial charge in [-0.25, -0.2) is 4.98 Å².